The van der Waals surface area contributed by atoms with Gasteiger partial charge < -0.3 is 9.47 Å². The summed E-state index contributed by atoms with van der Waals surface area (Å²) < 4.78 is 25.1. The van der Waals surface area contributed by atoms with Gasteiger partial charge in [-0.2, -0.15) is 0 Å². The van der Waals surface area contributed by atoms with E-state index in [1.54, 1.807) is 48.5 Å². The van der Waals surface area contributed by atoms with Gasteiger partial charge in [0.05, 0.1) is 12.8 Å². The van der Waals surface area contributed by atoms with E-state index in [0.29, 0.717) is 22.7 Å². The van der Waals surface area contributed by atoms with Crippen molar-refractivity contribution < 1.29 is 23.5 Å². The van der Waals surface area contributed by atoms with E-state index in [9.17, 15) is 14.0 Å². The number of hydrogen-bond acceptors (Lipinski definition) is 5. The van der Waals surface area contributed by atoms with Gasteiger partial charge in [-0.25, -0.2) is 4.39 Å². The number of halogens is 2. The normalized spacial score (nSPS) is 14.9. The molecule has 1 aliphatic heterocycles. The molecule has 0 radical (unpaired) electrons. The molecule has 0 aliphatic carbocycles. The van der Waals surface area contributed by atoms with Crippen LogP contribution in [-0.4, -0.2) is 24.0 Å². The minimum atomic E-state index is -0.586. The molecule has 2 amide bonds. The highest BCUT2D eigenvalue weighted by molar-refractivity contribution is 9.10. The summed E-state index contributed by atoms with van der Waals surface area (Å²) in [6.07, 6.45) is 1.47. The molecule has 0 saturated carbocycles. The molecule has 3 aromatic rings. The van der Waals surface area contributed by atoms with Gasteiger partial charge in [0.1, 0.15) is 18.0 Å². The lowest BCUT2D eigenvalue weighted by atomic mass is 10.1. The Hall–Kier alpha value is -3.56. The fraction of sp³-hybridized carbons (Fsp3) is 0.0800. The maximum Gasteiger partial charge on any atom is 0.270 e. The average Bonchev–Trinajstić information content (AvgIpc) is 2.81. The predicted molar refractivity (Wildman–Crippen MR) is 134 cm³/mol. The summed E-state index contributed by atoms with van der Waals surface area (Å²) in [6.45, 7) is 0.219. The molecule has 9 heteroatoms. The Bertz CT molecular complexity index is 1310. The quantitative estimate of drug-likeness (QED) is 0.270. The van der Waals surface area contributed by atoms with Gasteiger partial charge in [0, 0.05) is 4.47 Å². The van der Waals surface area contributed by atoms with Gasteiger partial charge in [0.25, 0.3) is 11.8 Å². The molecule has 172 valence electrons. The van der Waals surface area contributed by atoms with Gasteiger partial charge in [0.15, 0.2) is 16.6 Å². The smallest absolute Gasteiger partial charge is 0.270 e. The number of thiocarbonyl (C=S) groups is 1. The number of nitrogens with one attached hydrogen (secondary N) is 1. The molecule has 0 unspecified atom stereocenters. The van der Waals surface area contributed by atoms with Crippen molar-refractivity contribution in [1.29, 1.82) is 0 Å². The highest BCUT2D eigenvalue weighted by Gasteiger charge is 2.34. The Morgan fingerprint density at radius 3 is 2.53 bits per heavy atom. The van der Waals surface area contributed by atoms with Crippen molar-refractivity contribution in [2.24, 2.45) is 0 Å². The van der Waals surface area contributed by atoms with Gasteiger partial charge in [-0.05, 0) is 71.9 Å². The van der Waals surface area contributed by atoms with E-state index in [1.807, 2.05) is 6.07 Å². The van der Waals surface area contributed by atoms with Crippen molar-refractivity contribution in [3.05, 3.63) is 93.7 Å². The molecule has 1 N–H and O–H groups in total. The van der Waals surface area contributed by atoms with Crippen LogP contribution < -0.4 is 19.7 Å². The fourth-order valence-electron chi connectivity index (χ4n) is 3.31. The zero-order valence-electron chi connectivity index (χ0n) is 17.9. The monoisotopic (exact) mass is 540 g/mol. The van der Waals surface area contributed by atoms with Crippen LogP contribution in [0.4, 0.5) is 10.1 Å². The molecule has 1 saturated heterocycles. The lowest BCUT2D eigenvalue weighted by Crippen LogP contribution is -2.54. The Morgan fingerprint density at radius 1 is 1.06 bits per heavy atom. The average molecular weight is 541 g/mol. The van der Waals surface area contributed by atoms with Crippen molar-refractivity contribution in [3.63, 3.8) is 0 Å². The van der Waals surface area contributed by atoms with Gasteiger partial charge in [-0.15, -0.1) is 0 Å². The standard InChI is InChI=1S/C25H18BrFN2O4S/c1-32-22-12-16(7-10-21(22)33-14-15-5-8-18(27)9-6-15)11-20-23(30)28-25(34)29(24(20)31)19-4-2-3-17(26)13-19/h2-13H,14H2,1H3,(H,28,30,34)/b20-11+. The van der Waals surface area contributed by atoms with Crippen LogP contribution in [0.15, 0.2) is 76.8 Å². The van der Waals surface area contributed by atoms with E-state index in [-0.39, 0.29) is 23.1 Å². The number of nitrogens with zero attached hydrogens (tertiary/aromatic N) is 1. The number of anilines is 1. The van der Waals surface area contributed by atoms with Crippen LogP contribution in [0.2, 0.25) is 0 Å². The van der Waals surface area contributed by atoms with Gasteiger partial charge in [-0.3, -0.25) is 19.8 Å². The van der Waals surface area contributed by atoms with Crippen LogP contribution in [0.25, 0.3) is 6.08 Å². The summed E-state index contributed by atoms with van der Waals surface area (Å²) in [6, 6.07) is 18.1. The SMILES string of the molecule is COc1cc(/C=C2\C(=O)NC(=S)N(c3cccc(Br)c3)C2=O)ccc1OCc1ccc(F)cc1. The third-order valence-electron chi connectivity index (χ3n) is 4.97. The summed E-state index contributed by atoms with van der Waals surface area (Å²) in [5.41, 5.74) is 1.81. The molecular formula is C25H18BrFN2O4S. The van der Waals surface area contributed by atoms with E-state index in [4.69, 9.17) is 21.7 Å². The number of rotatable bonds is 6. The van der Waals surface area contributed by atoms with Crippen LogP contribution in [0.1, 0.15) is 11.1 Å². The Labute approximate surface area is 209 Å². The van der Waals surface area contributed by atoms with E-state index < -0.39 is 11.8 Å². The number of amides is 2. The molecule has 0 spiro atoms. The first-order valence-corrected chi connectivity index (χ1v) is 11.3. The van der Waals surface area contributed by atoms with E-state index in [0.717, 1.165) is 10.0 Å². The molecular weight excluding hydrogens is 523 g/mol. The Balaban J connectivity index is 1.59. The third kappa shape index (κ3) is 5.16. The fourth-order valence-corrected chi connectivity index (χ4v) is 3.98. The van der Waals surface area contributed by atoms with Crippen LogP contribution in [0, 0.1) is 5.82 Å². The number of ether oxygens (including phenoxy) is 2. The second-order valence-electron chi connectivity index (χ2n) is 7.26. The lowest BCUT2D eigenvalue weighted by Gasteiger charge is -2.29. The van der Waals surface area contributed by atoms with Crippen molar-refractivity contribution in [3.8, 4) is 11.5 Å². The summed E-state index contributed by atoms with van der Waals surface area (Å²) >= 11 is 8.61. The third-order valence-corrected chi connectivity index (χ3v) is 5.75. The second-order valence-corrected chi connectivity index (χ2v) is 8.57. The Morgan fingerprint density at radius 2 is 1.82 bits per heavy atom. The van der Waals surface area contributed by atoms with E-state index >= 15 is 0 Å². The molecule has 0 aromatic heterocycles. The largest absolute Gasteiger partial charge is 0.493 e. The summed E-state index contributed by atoms with van der Waals surface area (Å²) in [4.78, 5) is 27.0. The molecule has 0 atom stereocenters. The van der Waals surface area contributed by atoms with E-state index in [1.165, 1.54) is 30.2 Å². The maximum absolute atomic E-state index is 13.2. The van der Waals surface area contributed by atoms with Crippen LogP contribution in [0.5, 0.6) is 11.5 Å². The Kier molecular flexibility index (Phi) is 7.04. The maximum atomic E-state index is 13.2. The molecule has 3 aromatic carbocycles. The number of benzene rings is 3. The molecule has 1 fully saturated rings. The number of hydrogen-bond donors (Lipinski definition) is 1. The van der Waals surface area contributed by atoms with E-state index in [2.05, 4.69) is 21.2 Å². The minimum absolute atomic E-state index is 0.00683. The first-order valence-electron chi connectivity index (χ1n) is 10.1. The summed E-state index contributed by atoms with van der Waals surface area (Å²) in [7, 11) is 1.49. The second kappa shape index (κ2) is 10.1. The minimum Gasteiger partial charge on any atom is -0.493 e. The number of methoxy groups -OCH3 is 1. The number of carbonyl (C=O) groups is 2. The molecule has 34 heavy (non-hydrogen) atoms. The molecule has 1 aliphatic rings. The van der Waals surface area contributed by atoms with Crippen LogP contribution >= 0.6 is 28.1 Å². The lowest BCUT2D eigenvalue weighted by molar-refractivity contribution is -0.122. The predicted octanol–water partition coefficient (Wildman–Crippen LogP) is 5.01. The zero-order chi connectivity index (χ0) is 24.2. The van der Waals surface area contributed by atoms with Crippen molar-refractivity contribution in [2.75, 3.05) is 12.0 Å². The van der Waals surface area contributed by atoms with Crippen LogP contribution in [0.3, 0.4) is 0 Å². The first kappa shape index (κ1) is 23.6. The van der Waals surface area contributed by atoms with Crippen molar-refractivity contribution in [2.45, 2.75) is 6.61 Å². The summed E-state index contributed by atoms with van der Waals surface area (Å²) in [5, 5.41) is 2.57. The highest BCUT2D eigenvalue weighted by atomic mass is 79.9. The topological polar surface area (TPSA) is 67.9 Å². The summed E-state index contributed by atoms with van der Waals surface area (Å²) in [5.74, 6) is -0.566. The zero-order valence-corrected chi connectivity index (χ0v) is 20.3. The molecule has 0 bridgehead atoms. The van der Waals surface area contributed by atoms with Crippen molar-refractivity contribution in [1.82, 2.24) is 5.32 Å². The van der Waals surface area contributed by atoms with Crippen molar-refractivity contribution >= 4 is 56.8 Å². The molecule has 4 rings (SSSR count). The molecule has 1 heterocycles. The van der Waals surface area contributed by atoms with Gasteiger partial charge in [0.2, 0.25) is 0 Å². The number of carbonyl (C=O) groups excluding carboxylic acids is 2. The van der Waals surface area contributed by atoms with Crippen LogP contribution in [-0.2, 0) is 16.2 Å². The van der Waals surface area contributed by atoms with Gasteiger partial charge in [-0.1, -0.05) is 40.2 Å². The first-order chi connectivity index (χ1) is 16.4. The highest BCUT2D eigenvalue weighted by Crippen LogP contribution is 2.31. The molecule has 6 nitrogen and oxygen atoms in total. The van der Waals surface area contributed by atoms with Gasteiger partial charge >= 0.3 is 0 Å².